The SMILES string of the molecule is C[C@@](O)(CCc1ccc(-c2ccc(C(=O)NS(C)(=O)=O)c(OCCCF)c2)cc1)c1ccccc1. The summed E-state index contributed by atoms with van der Waals surface area (Å²) in [5.41, 5.74) is 2.69. The summed E-state index contributed by atoms with van der Waals surface area (Å²) in [4.78, 5) is 12.4. The maximum atomic E-state index is 12.5. The van der Waals surface area contributed by atoms with Crippen LogP contribution >= 0.6 is 0 Å². The first-order valence-corrected chi connectivity index (χ1v) is 13.2. The second-order valence-electron chi connectivity index (χ2n) is 8.64. The fourth-order valence-corrected chi connectivity index (χ4v) is 4.11. The summed E-state index contributed by atoms with van der Waals surface area (Å²) in [5.74, 6) is -0.629. The zero-order chi connectivity index (χ0) is 25.5. The molecule has 0 saturated carbocycles. The number of hydrogen-bond acceptors (Lipinski definition) is 5. The average molecular weight is 500 g/mol. The molecule has 3 aromatic rings. The Morgan fingerprint density at radius 1 is 1.03 bits per heavy atom. The van der Waals surface area contributed by atoms with Crippen molar-refractivity contribution >= 4 is 15.9 Å². The van der Waals surface area contributed by atoms with E-state index in [2.05, 4.69) is 0 Å². The number of aliphatic hydroxyl groups is 1. The van der Waals surface area contributed by atoms with E-state index in [1.54, 1.807) is 12.1 Å². The van der Waals surface area contributed by atoms with Crippen LogP contribution in [0.4, 0.5) is 4.39 Å². The van der Waals surface area contributed by atoms with Crippen molar-refractivity contribution in [3.05, 3.63) is 89.5 Å². The number of aryl methyl sites for hydroxylation is 1. The molecule has 0 radical (unpaired) electrons. The van der Waals surface area contributed by atoms with Crippen molar-refractivity contribution in [2.75, 3.05) is 19.5 Å². The summed E-state index contributed by atoms with van der Waals surface area (Å²) in [6.45, 7) is 1.30. The van der Waals surface area contributed by atoms with Gasteiger partial charge in [-0.05, 0) is 54.2 Å². The van der Waals surface area contributed by atoms with Crippen LogP contribution in [0.1, 0.15) is 41.3 Å². The Hall–Kier alpha value is -3.23. The van der Waals surface area contributed by atoms with Gasteiger partial charge in [0.05, 0.1) is 30.7 Å². The predicted molar refractivity (Wildman–Crippen MR) is 135 cm³/mol. The molecule has 1 amide bonds. The zero-order valence-corrected chi connectivity index (χ0v) is 20.6. The summed E-state index contributed by atoms with van der Waals surface area (Å²) in [6, 6.07) is 22.2. The van der Waals surface area contributed by atoms with E-state index in [0.29, 0.717) is 12.8 Å². The highest BCUT2D eigenvalue weighted by Crippen LogP contribution is 2.30. The lowest BCUT2D eigenvalue weighted by Gasteiger charge is -2.24. The summed E-state index contributed by atoms with van der Waals surface area (Å²) in [6.07, 6.45) is 2.29. The molecule has 0 spiro atoms. The third-order valence-corrected chi connectivity index (χ3v) is 6.18. The fraction of sp³-hybridized carbons (Fsp3) is 0.296. The van der Waals surface area contributed by atoms with Crippen molar-refractivity contribution in [1.29, 1.82) is 0 Å². The van der Waals surface area contributed by atoms with E-state index in [-0.39, 0.29) is 24.3 Å². The van der Waals surface area contributed by atoms with Crippen molar-refractivity contribution in [2.24, 2.45) is 0 Å². The molecule has 1 atom stereocenters. The molecule has 6 nitrogen and oxygen atoms in total. The molecule has 0 saturated heterocycles. The molecule has 0 aliphatic heterocycles. The van der Waals surface area contributed by atoms with E-state index in [9.17, 15) is 22.7 Å². The summed E-state index contributed by atoms with van der Waals surface area (Å²) in [5, 5.41) is 10.8. The van der Waals surface area contributed by atoms with E-state index in [1.807, 2.05) is 66.2 Å². The molecule has 0 aliphatic carbocycles. The van der Waals surface area contributed by atoms with Crippen molar-refractivity contribution in [3.63, 3.8) is 0 Å². The second kappa shape index (κ2) is 11.5. The normalized spacial score (nSPS) is 13.1. The lowest BCUT2D eigenvalue weighted by Crippen LogP contribution is -2.29. The Balaban J connectivity index is 1.77. The number of carbonyl (C=O) groups is 1. The predicted octanol–water partition coefficient (Wildman–Crippen LogP) is 4.62. The van der Waals surface area contributed by atoms with Crippen LogP contribution < -0.4 is 9.46 Å². The number of benzene rings is 3. The number of nitrogens with one attached hydrogen (secondary N) is 1. The molecule has 0 heterocycles. The van der Waals surface area contributed by atoms with E-state index in [4.69, 9.17) is 4.74 Å². The molecule has 3 aromatic carbocycles. The number of sulfonamides is 1. The lowest BCUT2D eigenvalue weighted by atomic mass is 9.89. The molecule has 0 fully saturated rings. The summed E-state index contributed by atoms with van der Waals surface area (Å²) < 4.78 is 43.0. The van der Waals surface area contributed by atoms with Crippen LogP contribution in [0, 0.1) is 0 Å². The van der Waals surface area contributed by atoms with Gasteiger partial charge in [0.25, 0.3) is 5.91 Å². The van der Waals surface area contributed by atoms with Gasteiger partial charge in [-0.3, -0.25) is 9.18 Å². The summed E-state index contributed by atoms with van der Waals surface area (Å²) in [7, 11) is -3.75. The van der Waals surface area contributed by atoms with Gasteiger partial charge in [0.2, 0.25) is 10.0 Å². The third kappa shape index (κ3) is 7.63. The highest BCUT2D eigenvalue weighted by atomic mass is 32.2. The molecule has 186 valence electrons. The highest BCUT2D eigenvalue weighted by molar-refractivity contribution is 7.89. The Labute approximate surface area is 205 Å². The Morgan fingerprint density at radius 3 is 2.31 bits per heavy atom. The molecule has 0 bridgehead atoms. The molecule has 0 unspecified atom stereocenters. The van der Waals surface area contributed by atoms with E-state index in [1.165, 1.54) is 6.07 Å². The minimum Gasteiger partial charge on any atom is -0.493 e. The van der Waals surface area contributed by atoms with Crippen LogP contribution in [0.2, 0.25) is 0 Å². The van der Waals surface area contributed by atoms with Crippen LogP contribution in [-0.4, -0.2) is 39.0 Å². The van der Waals surface area contributed by atoms with Crippen LogP contribution in [0.25, 0.3) is 11.1 Å². The second-order valence-corrected chi connectivity index (χ2v) is 10.4. The molecule has 8 heteroatoms. The molecular weight excluding hydrogens is 469 g/mol. The smallest absolute Gasteiger partial charge is 0.268 e. The van der Waals surface area contributed by atoms with Gasteiger partial charge in [0.1, 0.15) is 5.75 Å². The topological polar surface area (TPSA) is 92.7 Å². The van der Waals surface area contributed by atoms with E-state index < -0.39 is 28.2 Å². The van der Waals surface area contributed by atoms with Gasteiger partial charge in [0.15, 0.2) is 0 Å². The Kier molecular flexibility index (Phi) is 8.64. The van der Waals surface area contributed by atoms with E-state index in [0.717, 1.165) is 28.5 Å². The van der Waals surface area contributed by atoms with Crippen LogP contribution in [0.5, 0.6) is 5.75 Å². The van der Waals surface area contributed by atoms with Crippen molar-refractivity contribution in [1.82, 2.24) is 4.72 Å². The number of hydrogen-bond donors (Lipinski definition) is 2. The number of carbonyl (C=O) groups excluding carboxylic acids is 1. The van der Waals surface area contributed by atoms with Crippen molar-refractivity contribution in [2.45, 2.75) is 31.8 Å². The minimum atomic E-state index is -3.75. The quantitative estimate of drug-likeness (QED) is 0.376. The largest absolute Gasteiger partial charge is 0.493 e. The third-order valence-electron chi connectivity index (χ3n) is 5.62. The first kappa shape index (κ1) is 26.4. The molecule has 3 rings (SSSR count). The van der Waals surface area contributed by atoms with Gasteiger partial charge in [0, 0.05) is 6.42 Å². The molecule has 0 aliphatic rings. The van der Waals surface area contributed by atoms with Crippen LogP contribution in [-0.2, 0) is 22.0 Å². The standard InChI is InChI=1S/C27H30FNO5S/c1-27(31,23-7-4-3-5-8-23)16-15-20-9-11-21(12-10-20)22-13-14-24(26(30)29-35(2,32)33)25(19-22)34-18-6-17-28/h3-5,7-14,19,31H,6,15-18H2,1-2H3,(H,29,30)/t27-/m1/s1. The van der Waals surface area contributed by atoms with Crippen molar-refractivity contribution < 1.29 is 27.4 Å². The number of halogens is 1. The first-order chi connectivity index (χ1) is 16.6. The average Bonchev–Trinajstić information content (AvgIpc) is 2.83. The van der Waals surface area contributed by atoms with E-state index >= 15 is 0 Å². The summed E-state index contributed by atoms with van der Waals surface area (Å²) >= 11 is 0. The van der Waals surface area contributed by atoms with Crippen LogP contribution in [0.3, 0.4) is 0 Å². The van der Waals surface area contributed by atoms with Gasteiger partial charge in [-0.25, -0.2) is 13.1 Å². The minimum absolute atomic E-state index is 0.0535. The monoisotopic (exact) mass is 499 g/mol. The van der Waals surface area contributed by atoms with Crippen molar-refractivity contribution in [3.8, 4) is 16.9 Å². The lowest BCUT2D eigenvalue weighted by molar-refractivity contribution is 0.0480. The van der Waals surface area contributed by atoms with Gasteiger partial charge in [-0.1, -0.05) is 60.7 Å². The Bertz CT molecular complexity index is 1240. The van der Waals surface area contributed by atoms with Gasteiger partial charge in [-0.2, -0.15) is 0 Å². The maximum Gasteiger partial charge on any atom is 0.268 e. The number of ether oxygens (including phenoxy) is 1. The fourth-order valence-electron chi connectivity index (χ4n) is 3.66. The maximum absolute atomic E-state index is 12.5. The molecule has 35 heavy (non-hydrogen) atoms. The van der Waals surface area contributed by atoms with Gasteiger partial charge >= 0.3 is 0 Å². The van der Waals surface area contributed by atoms with Gasteiger partial charge < -0.3 is 9.84 Å². The highest BCUT2D eigenvalue weighted by Gasteiger charge is 2.22. The number of amides is 1. The number of alkyl halides is 1. The van der Waals surface area contributed by atoms with Gasteiger partial charge in [-0.15, -0.1) is 0 Å². The zero-order valence-electron chi connectivity index (χ0n) is 19.8. The Morgan fingerprint density at radius 2 is 1.69 bits per heavy atom. The molecular formula is C27H30FNO5S. The molecule has 0 aromatic heterocycles. The first-order valence-electron chi connectivity index (χ1n) is 11.3. The van der Waals surface area contributed by atoms with Crippen LogP contribution in [0.15, 0.2) is 72.8 Å². The number of rotatable bonds is 11. The molecule has 2 N–H and O–H groups in total.